The summed E-state index contributed by atoms with van der Waals surface area (Å²) in [5.41, 5.74) is 4.11. The fourth-order valence-corrected chi connectivity index (χ4v) is 4.56. The summed E-state index contributed by atoms with van der Waals surface area (Å²) in [4.78, 5) is 30.8. The molecule has 0 aliphatic rings. The average molecular weight is 470 g/mol. The van der Waals surface area contributed by atoms with Gasteiger partial charge in [-0.25, -0.2) is 4.98 Å². The lowest BCUT2D eigenvalue weighted by Crippen LogP contribution is -2.30. The molecular weight excluding hydrogens is 442 g/mol. The van der Waals surface area contributed by atoms with Crippen LogP contribution in [-0.4, -0.2) is 21.5 Å². The molecule has 1 amide bonds. The Labute approximate surface area is 203 Å². The van der Waals surface area contributed by atoms with Crippen molar-refractivity contribution in [2.75, 3.05) is 0 Å². The monoisotopic (exact) mass is 469 g/mol. The second-order valence-electron chi connectivity index (χ2n) is 8.37. The largest absolute Gasteiger partial charge is 0.350 e. The van der Waals surface area contributed by atoms with Gasteiger partial charge in [-0.1, -0.05) is 79.0 Å². The number of thioether (sulfide) groups is 1. The smallest absolute Gasteiger partial charge is 0.262 e. The molecule has 0 atom stereocenters. The summed E-state index contributed by atoms with van der Waals surface area (Å²) in [6.45, 7) is 8.05. The predicted molar refractivity (Wildman–Crippen MR) is 140 cm³/mol. The van der Waals surface area contributed by atoms with E-state index in [1.54, 1.807) is 22.8 Å². The number of nitrogens with one attached hydrogen (secondary N) is 1. The lowest BCUT2D eigenvalue weighted by molar-refractivity contribution is 0.0943. The molecule has 4 aromatic rings. The van der Waals surface area contributed by atoms with Crippen LogP contribution in [0.25, 0.3) is 17.0 Å². The van der Waals surface area contributed by atoms with Crippen molar-refractivity contribution in [3.05, 3.63) is 112 Å². The van der Waals surface area contributed by atoms with E-state index in [1.807, 2.05) is 62.4 Å². The highest BCUT2D eigenvalue weighted by Crippen LogP contribution is 2.24. The van der Waals surface area contributed by atoms with E-state index in [0.29, 0.717) is 33.9 Å². The number of nitrogens with zero attached hydrogens (tertiary/aromatic N) is 2. The number of benzene rings is 3. The number of carbonyl (C=O) groups is 1. The molecule has 4 rings (SSSR count). The highest BCUT2D eigenvalue weighted by molar-refractivity contribution is 7.98. The van der Waals surface area contributed by atoms with Crippen molar-refractivity contribution < 1.29 is 4.79 Å². The summed E-state index contributed by atoms with van der Waals surface area (Å²) < 4.78 is 1.72. The Bertz CT molecular complexity index is 1380. The molecule has 172 valence electrons. The van der Waals surface area contributed by atoms with Gasteiger partial charge in [0.25, 0.3) is 11.5 Å². The highest BCUT2D eigenvalue weighted by Gasteiger charge is 2.15. The van der Waals surface area contributed by atoms with Gasteiger partial charge in [0.1, 0.15) is 0 Å². The van der Waals surface area contributed by atoms with Crippen LogP contribution in [0, 0.1) is 0 Å². The second-order valence-corrected chi connectivity index (χ2v) is 9.31. The second kappa shape index (κ2) is 10.5. The third kappa shape index (κ3) is 5.46. The van der Waals surface area contributed by atoms with E-state index < -0.39 is 0 Å². The van der Waals surface area contributed by atoms with E-state index in [1.165, 1.54) is 11.8 Å². The maximum absolute atomic E-state index is 13.5. The first-order chi connectivity index (χ1) is 16.4. The molecule has 0 aliphatic carbocycles. The zero-order valence-electron chi connectivity index (χ0n) is 19.3. The van der Waals surface area contributed by atoms with E-state index in [0.717, 1.165) is 16.7 Å². The number of fused-ring (bicyclic) bond motifs is 1. The van der Waals surface area contributed by atoms with Crippen LogP contribution in [0.5, 0.6) is 0 Å². The van der Waals surface area contributed by atoms with Crippen LogP contribution >= 0.6 is 11.8 Å². The number of aromatic nitrogens is 2. The number of carbonyl (C=O) groups excluding carboxylic acids is 1. The molecule has 1 N–H and O–H groups in total. The minimum Gasteiger partial charge on any atom is -0.350 e. The third-order valence-electron chi connectivity index (χ3n) is 5.37. The van der Waals surface area contributed by atoms with Crippen molar-refractivity contribution in [1.82, 2.24) is 14.9 Å². The van der Waals surface area contributed by atoms with Crippen LogP contribution in [-0.2, 0) is 12.3 Å². The molecule has 0 saturated carbocycles. The maximum Gasteiger partial charge on any atom is 0.262 e. The van der Waals surface area contributed by atoms with Crippen LogP contribution in [0.15, 0.2) is 89.3 Å². The Kier molecular flexibility index (Phi) is 7.28. The third-order valence-corrected chi connectivity index (χ3v) is 6.42. The molecule has 3 aromatic carbocycles. The van der Waals surface area contributed by atoms with Gasteiger partial charge in [-0.15, -0.1) is 0 Å². The Morgan fingerprint density at radius 1 is 1.06 bits per heavy atom. The minimum absolute atomic E-state index is 0.0219. The molecule has 0 saturated heterocycles. The quantitative estimate of drug-likeness (QED) is 0.273. The molecular formula is C28H27N3O2S. The molecule has 5 nitrogen and oxygen atoms in total. The van der Waals surface area contributed by atoms with Crippen molar-refractivity contribution in [2.45, 2.75) is 37.3 Å². The van der Waals surface area contributed by atoms with E-state index in [2.05, 4.69) is 24.0 Å². The molecule has 0 spiro atoms. The molecule has 0 fully saturated rings. The number of hydrogen-bond acceptors (Lipinski definition) is 4. The van der Waals surface area contributed by atoms with Crippen LogP contribution in [0.3, 0.4) is 0 Å². The molecule has 0 radical (unpaired) electrons. The van der Waals surface area contributed by atoms with Crippen molar-refractivity contribution in [1.29, 1.82) is 0 Å². The molecule has 1 heterocycles. The Hall–Kier alpha value is -3.64. The number of hydrogen-bond donors (Lipinski definition) is 1. The van der Waals surface area contributed by atoms with Crippen molar-refractivity contribution in [3.8, 4) is 0 Å². The van der Waals surface area contributed by atoms with E-state index in [-0.39, 0.29) is 17.5 Å². The first-order valence-electron chi connectivity index (χ1n) is 11.2. The molecule has 0 aliphatic heterocycles. The van der Waals surface area contributed by atoms with Crippen LogP contribution in [0.4, 0.5) is 0 Å². The topological polar surface area (TPSA) is 64.0 Å². The zero-order valence-corrected chi connectivity index (χ0v) is 20.1. The van der Waals surface area contributed by atoms with Gasteiger partial charge in [-0.2, -0.15) is 0 Å². The number of amides is 1. The Morgan fingerprint density at radius 3 is 2.47 bits per heavy atom. The lowest BCUT2D eigenvalue weighted by Gasteiger charge is -2.14. The van der Waals surface area contributed by atoms with Crippen molar-refractivity contribution >= 4 is 34.6 Å². The molecule has 34 heavy (non-hydrogen) atoms. The molecule has 0 bridgehead atoms. The van der Waals surface area contributed by atoms with Gasteiger partial charge < -0.3 is 5.32 Å². The summed E-state index contributed by atoms with van der Waals surface area (Å²) in [5, 5.41) is 4.01. The van der Waals surface area contributed by atoms with Crippen molar-refractivity contribution in [3.63, 3.8) is 0 Å². The fraction of sp³-hybridized carbons (Fsp3) is 0.179. The number of rotatable bonds is 8. The maximum atomic E-state index is 13.5. The van der Waals surface area contributed by atoms with Gasteiger partial charge in [-0.3, -0.25) is 14.2 Å². The summed E-state index contributed by atoms with van der Waals surface area (Å²) in [6, 6.07) is 23.1. The standard InChI is InChI=1S/C28H27N3O2S/c1-4-20-10-12-22(13-11-20)18-34-28-30-25-16-23(26(32)29-19(2)3)14-15-24(25)27(33)31(28)17-21-8-6-5-7-9-21/h4-16,19H,1,17-18H2,2-3H3,(H,29,32). The summed E-state index contributed by atoms with van der Waals surface area (Å²) in [7, 11) is 0. The Balaban J connectivity index is 1.74. The average Bonchev–Trinajstić information content (AvgIpc) is 2.85. The SMILES string of the molecule is C=Cc1ccc(CSc2nc3cc(C(=O)NC(C)C)ccc3c(=O)n2Cc2ccccc2)cc1. The fourth-order valence-electron chi connectivity index (χ4n) is 3.60. The molecule has 6 heteroatoms. The first-order valence-corrected chi connectivity index (χ1v) is 12.2. The summed E-state index contributed by atoms with van der Waals surface area (Å²) in [5.74, 6) is 0.487. The van der Waals surface area contributed by atoms with E-state index in [4.69, 9.17) is 4.98 Å². The minimum atomic E-state index is -0.177. The van der Waals surface area contributed by atoms with Gasteiger partial charge in [0.2, 0.25) is 0 Å². The van der Waals surface area contributed by atoms with E-state index in [9.17, 15) is 9.59 Å². The summed E-state index contributed by atoms with van der Waals surface area (Å²) in [6.07, 6.45) is 1.81. The zero-order chi connectivity index (χ0) is 24.1. The van der Waals surface area contributed by atoms with Gasteiger partial charge in [0.15, 0.2) is 5.16 Å². The first kappa shape index (κ1) is 23.5. The highest BCUT2D eigenvalue weighted by atomic mass is 32.2. The van der Waals surface area contributed by atoms with Gasteiger partial charge in [0, 0.05) is 17.4 Å². The van der Waals surface area contributed by atoms with Crippen LogP contribution in [0.1, 0.15) is 40.9 Å². The lowest BCUT2D eigenvalue weighted by atomic mass is 10.1. The van der Waals surface area contributed by atoms with Gasteiger partial charge in [-0.05, 0) is 48.7 Å². The van der Waals surface area contributed by atoms with Gasteiger partial charge in [0.05, 0.1) is 17.4 Å². The normalized spacial score (nSPS) is 11.0. The molecule has 0 unspecified atom stereocenters. The van der Waals surface area contributed by atoms with Crippen LogP contribution < -0.4 is 10.9 Å². The van der Waals surface area contributed by atoms with Crippen molar-refractivity contribution in [2.24, 2.45) is 0 Å². The Morgan fingerprint density at radius 2 is 1.79 bits per heavy atom. The summed E-state index contributed by atoms with van der Waals surface area (Å²) >= 11 is 1.51. The van der Waals surface area contributed by atoms with Gasteiger partial charge >= 0.3 is 0 Å². The van der Waals surface area contributed by atoms with Crippen LogP contribution in [0.2, 0.25) is 0 Å². The predicted octanol–water partition coefficient (Wildman–Crippen LogP) is 5.52. The molecule has 1 aromatic heterocycles. The van der Waals surface area contributed by atoms with E-state index >= 15 is 0 Å².